The fraction of sp³-hybridized carbons (Fsp3) is 0.556. The number of nitrogens with one attached hydrogen (secondary N) is 1. The molecule has 1 atom stereocenters. The molecule has 2 aliphatic heterocycles. The number of nitrogens with zero attached hydrogens (tertiary/aromatic N) is 2. The van der Waals surface area contributed by atoms with Crippen molar-refractivity contribution in [3.8, 4) is 0 Å². The van der Waals surface area contributed by atoms with Gasteiger partial charge in [-0.3, -0.25) is 9.59 Å². The minimum atomic E-state index is -0.407. The van der Waals surface area contributed by atoms with Crippen LogP contribution in [-0.2, 0) is 4.79 Å². The lowest BCUT2D eigenvalue weighted by Crippen LogP contribution is -2.51. The number of halogens is 2. The summed E-state index contributed by atoms with van der Waals surface area (Å²) in [6, 6.07) is 5.77. The molecule has 0 bridgehead atoms. The highest BCUT2D eigenvalue weighted by molar-refractivity contribution is 5.94. The Morgan fingerprint density at radius 2 is 1.84 bits per heavy atom. The summed E-state index contributed by atoms with van der Waals surface area (Å²) in [4.78, 5) is 28.7. The third-order valence-corrected chi connectivity index (χ3v) is 5.08. The maximum Gasteiger partial charge on any atom is 0.254 e. The molecule has 25 heavy (non-hydrogen) atoms. The van der Waals surface area contributed by atoms with Gasteiger partial charge < -0.3 is 15.1 Å². The molecule has 2 aliphatic rings. The highest BCUT2D eigenvalue weighted by Gasteiger charge is 2.32. The predicted octanol–water partition coefficient (Wildman–Crippen LogP) is 1.78. The number of amides is 2. The highest BCUT2D eigenvalue weighted by atomic mass is 35.5. The van der Waals surface area contributed by atoms with Gasteiger partial charge in [-0.15, -0.1) is 12.4 Å². The molecule has 2 saturated heterocycles. The molecule has 0 aromatic heterocycles. The van der Waals surface area contributed by atoms with E-state index in [-0.39, 0.29) is 30.1 Å². The van der Waals surface area contributed by atoms with Crippen LogP contribution in [0.5, 0.6) is 0 Å². The van der Waals surface area contributed by atoms with Crippen LogP contribution in [0.15, 0.2) is 24.3 Å². The van der Waals surface area contributed by atoms with Crippen LogP contribution in [0.2, 0.25) is 0 Å². The van der Waals surface area contributed by atoms with Crippen molar-refractivity contribution < 1.29 is 14.0 Å². The molecule has 1 aromatic rings. The van der Waals surface area contributed by atoms with Gasteiger partial charge in [-0.2, -0.15) is 0 Å². The maximum absolute atomic E-state index is 13.3. The molecule has 1 N–H and O–H groups in total. The van der Waals surface area contributed by atoms with Gasteiger partial charge >= 0.3 is 0 Å². The molecule has 1 aromatic carbocycles. The lowest BCUT2D eigenvalue weighted by Gasteiger charge is -2.34. The van der Waals surface area contributed by atoms with Gasteiger partial charge in [0.25, 0.3) is 5.91 Å². The monoisotopic (exact) mass is 369 g/mol. The molecule has 1 unspecified atom stereocenters. The van der Waals surface area contributed by atoms with Gasteiger partial charge in [0.2, 0.25) is 5.91 Å². The minimum absolute atomic E-state index is 0. The van der Waals surface area contributed by atoms with E-state index in [4.69, 9.17) is 0 Å². The largest absolute Gasteiger partial charge is 0.341 e. The van der Waals surface area contributed by atoms with E-state index in [2.05, 4.69) is 5.32 Å². The highest BCUT2D eigenvalue weighted by Crippen LogP contribution is 2.20. The molecule has 0 spiro atoms. The van der Waals surface area contributed by atoms with E-state index < -0.39 is 5.82 Å². The summed E-state index contributed by atoms with van der Waals surface area (Å²) >= 11 is 0. The fourth-order valence-corrected chi connectivity index (χ4v) is 3.30. The number of carbonyl (C=O) groups excluding carboxylic acids is 2. The second-order valence-electron chi connectivity index (χ2n) is 6.69. The van der Waals surface area contributed by atoms with Crippen LogP contribution in [0.1, 0.15) is 23.7 Å². The summed E-state index contributed by atoms with van der Waals surface area (Å²) in [5.41, 5.74) is 0.365. The summed E-state index contributed by atoms with van der Waals surface area (Å²) in [5, 5.41) is 3.20. The number of rotatable bonds is 3. The van der Waals surface area contributed by atoms with Crippen molar-refractivity contribution in [3.05, 3.63) is 35.6 Å². The number of carbonyl (C=O) groups is 2. The Balaban J connectivity index is 0.00000225. The Morgan fingerprint density at radius 1 is 1.16 bits per heavy atom. The molecule has 0 radical (unpaired) electrons. The van der Waals surface area contributed by atoms with Crippen molar-refractivity contribution in [1.82, 2.24) is 15.1 Å². The van der Waals surface area contributed by atoms with Gasteiger partial charge in [-0.25, -0.2) is 4.39 Å². The lowest BCUT2D eigenvalue weighted by molar-refractivity contribution is -0.137. The maximum atomic E-state index is 13.3. The van der Waals surface area contributed by atoms with Crippen LogP contribution in [0.3, 0.4) is 0 Å². The standard InChI is InChI=1S/C18H24FN3O2.ClH/c1-13(15-11-20-12-15)17(23)21-6-3-7-22(9-8-21)18(24)14-4-2-5-16(19)10-14;/h2,4-5,10,13,15,20H,3,6-9,11-12H2,1H3;1H. The van der Waals surface area contributed by atoms with Crippen molar-refractivity contribution in [2.45, 2.75) is 13.3 Å². The summed E-state index contributed by atoms with van der Waals surface area (Å²) in [6.45, 7) is 6.13. The van der Waals surface area contributed by atoms with E-state index in [1.165, 1.54) is 12.1 Å². The van der Waals surface area contributed by atoms with Crippen molar-refractivity contribution in [3.63, 3.8) is 0 Å². The Labute approximate surface area is 154 Å². The molecule has 7 heteroatoms. The quantitative estimate of drug-likeness (QED) is 0.883. The average Bonchev–Trinajstić information content (AvgIpc) is 2.77. The van der Waals surface area contributed by atoms with E-state index in [0.717, 1.165) is 19.5 Å². The second-order valence-corrected chi connectivity index (χ2v) is 6.69. The zero-order chi connectivity index (χ0) is 17.1. The fourth-order valence-electron chi connectivity index (χ4n) is 3.30. The molecule has 3 rings (SSSR count). The third-order valence-electron chi connectivity index (χ3n) is 5.08. The molecule has 5 nitrogen and oxygen atoms in total. The third kappa shape index (κ3) is 4.50. The molecule has 2 heterocycles. The molecular weight excluding hydrogens is 345 g/mol. The van der Waals surface area contributed by atoms with Crippen LogP contribution in [0.25, 0.3) is 0 Å². The molecule has 138 valence electrons. The first-order valence-corrected chi connectivity index (χ1v) is 8.60. The second kappa shape index (κ2) is 8.63. The minimum Gasteiger partial charge on any atom is -0.341 e. The molecule has 2 amide bonds. The lowest BCUT2D eigenvalue weighted by atomic mass is 9.88. The van der Waals surface area contributed by atoms with E-state index >= 15 is 0 Å². The SMILES string of the molecule is CC(C(=O)N1CCCN(C(=O)c2cccc(F)c2)CC1)C1CNC1.Cl. The van der Waals surface area contributed by atoms with Crippen LogP contribution >= 0.6 is 12.4 Å². The normalized spacial score (nSPS) is 19.4. The summed E-state index contributed by atoms with van der Waals surface area (Å²) in [7, 11) is 0. The predicted molar refractivity (Wildman–Crippen MR) is 96.3 cm³/mol. The number of hydrogen-bond acceptors (Lipinski definition) is 3. The van der Waals surface area contributed by atoms with E-state index in [9.17, 15) is 14.0 Å². The van der Waals surface area contributed by atoms with Crippen LogP contribution in [0.4, 0.5) is 4.39 Å². The van der Waals surface area contributed by atoms with Gasteiger partial charge in [0, 0.05) is 37.7 Å². The first-order valence-electron chi connectivity index (χ1n) is 8.60. The van der Waals surface area contributed by atoms with Gasteiger partial charge in [0.1, 0.15) is 5.82 Å². The van der Waals surface area contributed by atoms with E-state index in [1.807, 2.05) is 11.8 Å². The van der Waals surface area contributed by atoms with Crippen molar-refractivity contribution in [2.75, 3.05) is 39.3 Å². The Morgan fingerprint density at radius 3 is 2.48 bits per heavy atom. The van der Waals surface area contributed by atoms with Crippen LogP contribution < -0.4 is 5.32 Å². The van der Waals surface area contributed by atoms with E-state index in [1.54, 1.807) is 17.0 Å². The van der Waals surface area contributed by atoms with Gasteiger partial charge in [-0.05, 0) is 43.6 Å². The topological polar surface area (TPSA) is 52.7 Å². The summed E-state index contributed by atoms with van der Waals surface area (Å²) in [5.74, 6) is 0.0551. The van der Waals surface area contributed by atoms with Crippen molar-refractivity contribution in [1.29, 1.82) is 0 Å². The molecular formula is C18H25ClFN3O2. The number of benzene rings is 1. The Kier molecular flexibility index (Phi) is 6.79. The first-order chi connectivity index (χ1) is 11.6. The average molecular weight is 370 g/mol. The van der Waals surface area contributed by atoms with Gasteiger partial charge in [-0.1, -0.05) is 13.0 Å². The van der Waals surface area contributed by atoms with E-state index in [0.29, 0.717) is 37.7 Å². The Bertz CT molecular complexity index is 624. The molecule has 0 aliphatic carbocycles. The zero-order valence-corrected chi connectivity index (χ0v) is 15.2. The first kappa shape index (κ1) is 19.7. The van der Waals surface area contributed by atoms with Crippen molar-refractivity contribution in [2.24, 2.45) is 11.8 Å². The smallest absolute Gasteiger partial charge is 0.254 e. The molecule has 0 saturated carbocycles. The summed E-state index contributed by atoms with van der Waals surface area (Å²) < 4.78 is 13.3. The zero-order valence-electron chi connectivity index (χ0n) is 14.4. The number of hydrogen-bond donors (Lipinski definition) is 1. The van der Waals surface area contributed by atoms with Crippen molar-refractivity contribution >= 4 is 24.2 Å². The van der Waals surface area contributed by atoms with Crippen LogP contribution in [-0.4, -0.2) is 60.9 Å². The molecule has 2 fully saturated rings. The van der Waals surface area contributed by atoms with Gasteiger partial charge in [0.05, 0.1) is 0 Å². The Hall–Kier alpha value is -1.66. The van der Waals surface area contributed by atoms with Crippen LogP contribution in [0, 0.1) is 17.7 Å². The van der Waals surface area contributed by atoms with Gasteiger partial charge in [0.15, 0.2) is 0 Å². The summed E-state index contributed by atoms with van der Waals surface area (Å²) in [6.07, 6.45) is 0.752.